The maximum atomic E-state index is 13.3. The second-order valence-electron chi connectivity index (χ2n) is 5.12. The summed E-state index contributed by atoms with van der Waals surface area (Å²) in [5, 5.41) is 5.89. The molecule has 0 aliphatic carbocycles. The molecule has 0 fully saturated rings. The van der Waals surface area contributed by atoms with Crippen molar-refractivity contribution in [1.82, 2.24) is 9.78 Å². The van der Waals surface area contributed by atoms with Gasteiger partial charge in [0, 0.05) is 0 Å². The van der Waals surface area contributed by atoms with Gasteiger partial charge in [0.15, 0.2) is 11.6 Å². The maximum Gasteiger partial charge on any atom is 0.437 e. The molecule has 26 heavy (non-hydrogen) atoms. The van der Waals surface area contributed by atoms with Crippen LogP contribution in [0.25, 0.3) is 10.8 Å². The van der Waals surface area contributed by atoms with Crippen molar-refractivity contribution in [2.45, 2.75) is 13.0 Å². The third-order valence-corrected chi connectivity index (χ3v) is 4.16. The third kappa shape index (κ3) is 4.57. The normalized spacial score (nSPS) is 10.7. The summed E-state index contributed by atoms with van der Waals surface area (Å²) in [6.07, 6.45) is -0.0456. The number of halogens is 1. The van der Waals surface area contributed by atoms with Crippen molar-refractivity contribution in [3.63, 3.8) is 0 Å². The molecule has 0 N–H and O–H groups in total. The summed E-state index contributed by atoms with van der Waals surface area (Å²) < 4.78 is 29.6. The summed E-state index contributed by atoms with van der Waals surface area (Å²) in [6, 6.07) is 9.56. The van der Waals surface area contributed by atoms with Gasteiger partial charge in [0.05, 0.1) is 17.8 Å². The Hall–Kier alpha value is -2.94. The highest BCUT2D eigenvalue weighted by Gasteiger charge is 2.13. The molecule has 136 valence electrons. The SMILES string of the molecule is O=C(CCn1nc(-c2cccs2)oc1=O)OCCOc1ccccc1F. The maximum absolute atomic E-state index is 13.3. The highest BCUT2D eigenvalue weighted by atomic mass is 32.1. The van der Waals surface area contributed by atoms with Crippen molar-refractivity contribution in [2.24, 2.45) is 0 Å². The molecule has 0 aliphatic rings. The zero-order valence-corrected chi connectivity index (χ0v) is 14.4. The molecule has 1 aromatic carbocycles. The topological polar surface area (TPSA) is 83.6 Å². The Balaban J connectivity index is 1.42. The van der Waals surface area contributed by atoms with Crippen LogP contribution < -0.4 is 10.5 Å². The molecule has 0 saturated heterocycles. The van der Waals surface area contributed by atoms with Crippen LogP contribution in [-0.4, -0.2) is 29.0 Å². The lowest BCUT2D eigenvalue weighted by Crippen LogP contribution is -2.20. The standard InChI is InChI=1S/C17H15FN2O5S/c18-12-4-1-2-5-13(12)23-9-10-24-15(21)7-8-20-17(22)25-16(19-20)14-6-3-11-26-14/h1-6,11H,7-10H2. The summed E-state index contributed by atoms with van der Waals surface area (Å²) in [5.41, 5.74) is 0. The highest BCUT2D eigenvalue weighted by Crippen LogP contribution is 2.21. The number of aromatic nitrogens is 2. The summed E-state index contributed by atoms with van der Waals surface area (Å²) in [4.78, 5) is 24.2. The minimum Gasteiger partial charge on any atom is -0.487 e. The van der Waals surface area contributed by atoms with Crippen LogP contribution in [0.3, 0.4) is 0 Å². The van der Waals surface area contributed by atoms with E-state index in [2.05, 4.69) is 5.10 Å². The zero-order valence-electron chi connectivity index (χ0n) is 13.6. The Labute approximate surface area is 151 Å². The van der Waals surface area contributed by atoms with Gasteiger partial charge >= 0.3 is 11.7 Å². The van der Waals surface area contributed by atoms with Crippen LogP contribution in [0.15, 0.2) is 51.0 Å². The number of rotatable bonds is 8. The Morgan fingerprint density at radius 1 is 1.23 bits per heavy atom. The van der Waals surface area contributed by atoms with Crippen LogP contribution in [0.5, 0.6) is 5.75 Å². The molecule has 0 atom stereocenters. The molecular formula is C17H15FN2O5S. The first-order chi connectivity index (χ1) is 12.6. The molecule has 7 nitrogen and oxygen atoms in total. The Kier molecular flexibility index (Phi) is 5.80. The fourth-order valence-electron chi connectivity index (χ4n) is 2.09. The van der Waals surface area contributed by atoms with Gasteiger partial charge in [-0.15, -0.1) is 16.4 Å². The highest BCUT2D eigenvalue weighted by molar-refractivity contribution is 7.13. The smallest absolute Gasteiger partial charge is 0.437 e. The molecule has 0 radical (unpaired) electrons. The number of hydrogen-bond donors (Lipinski definition) is 0. The lowest BCUT2D eigenvalue weighted by Gasteiger charge is -2.07. The van der Waals surface area contributed by atoms with Crippen molar-refractivity contribution in [1.29, 1.82) is 0 Å². The lowest BCUT2D eigenvalue weighted by atomic mass is 10.3. The van der Waals surface area contributed by atoms with E-state index in [1.54, 1.807) is 18.2 Å². The third-order valence-electron chi connectivity index (χ3n) is 3.31. The van der Waals surface area contributed by atoms with Gasteiger partial charge in [-0.25, -0.2) is 9.18 Å². The molecule has 2 heterocycles. The zero-order chi connectivity index (χ0) is 18.4. The van der Waals surface area contributed by atoms with Crippen LogP contribution in [0.1, 0.15) is 6.42 Å². The van der Waals surface area contributed by atoms with E-state index in [4.69, 9.17) is 13.9 Å². The molecule has 0 unspecified atom stereocenters. The van der Waals surface area contributed by atoms with Gasteiger partial charge in [-0.3, -0.25) is 4.79 Å². The molecular weight excluding hydrogens is 363 g/mol. The average molecular weight is 378 g/mol. The number of aryl methyl sites for hydroxylation is 1. The number of esters is 1. The molecule has 0 aliphatic heterocycles. The monoisotopic (exact) mass is 378 g/mol. The van der Waals surface area contributed by atoms with Crippen LogP contribution >= 0.6 is 11.3 Å². The lowest BCUT2D eigenvalue weighted by molar-refractivity contribution is -0.144. The quantitative estimate of drug-likeness (QED) is 0.443. The Morgan fingerprint density at radius 2 is 2.08 bits per heavy atom. The van der Waals surface area contributed by atoms with Crippen LogP contribution in [0.2, 0.25) is 0 Å². The molecule has 0 spiro atoms. The molecule has 9 heteroatoms. The summed E-state index contributed by atoms with van der Waals surface area (Å²) in [6.45, 7) is 0.0428. The van der Waals surface area contributed by atoms with E-state index in [0.717, 1.165) is 9.56 Å². The van der Waals surface area contributed by atoms with Gasteiger partial charge < -0.3 is 13.9 Å². The second kappa shape index (κ2) is 8.43. The predicted molar refractivity (Wildman–Crippen MR) is 91.5 cm³/mol. The van der Waals surface area contributed by atoms with Crippen molar-refractivity contribution < 1.29 is 23.1 Å². The number of benzene rings is 1. The van der Waals surface area contributed by atoms with E-state index < -0.39 is 17.5 Å². The number of carbonyl (C=O) groups is 1. The Morgan fingerprint density at radius 3 is 2.85 bits per heavy atom. The number of nitrogens with zero attached hydrogens (tertiary/aromatic N) is 2. The minimum absolute atomic E-state index is 0.0265. The van der Waals surface area contributed by atoms with Gasteiger partial charge in [0.2, 0.25) is 0 Å². The van der Waals surface area contributed by atoms with Gasteiger partial charge in [0.25, 0.3) is 5.89 Å². The molecule has 0 bridgehead atoms. The van der Waals surface area contributed by atoms with Crippen molar-refractivity contribution in [2.75, 3.05) is 13.2 Å². The number of ether oxygens (including phenoxy) is 2. The molecule has 2 aromatic heterocycles. The summed E-state index contributed by atoms with van der Waals surface area (Å²) >= 11 is 1.39. The second-order valence-corrected chi connectivity index (χ2v) is 6.07. The van der Waals surface area contributed by atoms with E-state index in [1.807, 2.05) is 11.4 Å². The van der Waals surface area contributed by atoms with E-state index in [-0.39, 0.29) is 37.8 Å². The molecule has 3 aromatic rings. The summed E-state index contributed by atoms with van der Waals surface area (Å²) in [7, 11) is 0. The van der Waals surface area contributed by atoms with E-state index >= 15 is 0 Å². The minimum atomic E-state index is -0.635. The molecule has 0 saturated carbocycles. The number of carbonyl (C=O) groups excluding carboxylic acids is 1. The van der Waals surface area contributed by atoms with Crippen molar-refractivity contribution in [3.8, 4) is 16.5 Å². The van der Waals surface area contributed by atoms with Gasteiger partial charge in [0.1, 0.15) is 13.2 Å². The van der Waals surface area contributed by atoms with E-state index in [9.17, 15) is 14.0 Å². The van der Waals surface area contributed by atoms with Gasteiger partial charge in [-0.1, -0.05) is 18.2 Å². The fraction of sp³-hybridized carbons (Fsp3) is 0.235. The van der Waals surface area contributed by atoms with Gasteiger partial charge in [-0.05, 0) is 23.6 Å². The van der Waals surface area contributed by atoms with Crippen molar-refractivity contribution >= 4 is 17.3 Å². The molecule has 0 amide bonds. The summed E-state index contributed by atoms with van der Waals surface area (Å²) in [5.74, 6) is -1.32. The largest absolute Gasteiger partial charge is 0.487 e. The fourth-order valence-corrected chi connectivity index (χ4v) is 2.73. The van der Waals surface area contributed by atoms with Crippen LogP contribution in [0.4, 0.5) is 4.39 Å². The van der Waals surface area contributed by atoms with Crippen LogP contribution in [-0.2, 0) is 16.1 Å². The Bertz CT molecular complexity index is 919. The number of para-hydroxylation sites is 1. The number of hydrogen-bond acceptors (Lipinski definition) is 7. The van der Waals surface area contributed by atoms with E-state index in [0.29, 0.717) is 0 Å². The number of thiophene rings is 1. The van der Waals surface area contributed by atoms with Gasteiger partial charge in [-0.2, -0.15) is 4.68 Å². The van der Waals surface area contributed by atoms with Crippen LogP contribution in [0, 0.1) is 5.82 Å². The predicted octanol–water partition coefficient (Wildman–Crippen LogP) is 2.72. The molecule has 3 rings (SSSR count). The first kappa shape index (κ1) is 17.9. The first-order valence-electron chi connectivity index (χ1n) is 7.78. The van der Waals surface area contributed by atoms with Crippen molar-refractivity contribution in [3.05, 3.63) is 58.1 Å². The van der Waals surface area contributed by atoms with E-state index in [1.165, 1.54) is 23.5 Å². The first-order valence-corrected chi connectivity index (χ1v) is 8.66. The average Bonchev–Trinajstić information content (AvgIpc) is 3.28.